The molecule has 1 heterocycles. The molecule has 0 aliphatic rings. The van der Waals surface area contributed by atoms with Crippen molar-refractivity contribution in [1.29, 1.82) is 0 Å². The van der Waals surface area contributed by atoms with E-state index in [0.29, 0.717) is 0 Å². The van der Waals surface area contributed by atoms with Crippen LogP contribution in [0, 0.1) is 0 Å². The third-order valence-electron chi connectivity index (χ3n) is 2.96. The molecule has 0 spiro atoms. The molecule has 0 aliphatic heterocycles. The summed E-state index contributed by atoms with van der Waals surface area (Å²) in [5, 5.41) is 4.28. The van der Waals surface area contributed by atoms with Crippen molar-refractivity contribution in [2.24, 2.45) is 0 Å². The largest absolute Gasteiger partial charge is 0.466 e. The van der Waals surface area contributed by atoms with E-state index in [0.717, 1.165) is 34.6 Å². The highest BCUT2D eigenvalue weighted by molar-refractivity contribution is 9.10. The quantitative estimate of drug-likeness (QED) is 0.801. The van der Waals surface area contributed by atoms with E-state index in [9.17, 15) is 0 Å². The number of hydrogen-bond donors (Lipinski definition) is 1. The lowest BCUT2D eigenvalue weighted by molar-refractivity contribution is 0.408. The maximum absolute atomic E-state index is 5.91. The minimum absolute atomic E-state index is 0.172. The Balaban J connectivity index is 2.14. The monoisotopic (exact) mass is 341 g/mol. The molecular formula is C15H17BrClNO. The van der Waals surface area contributed by atoms with Crippen molar-refractivity contribution in [2.75, 3.05) is 6.54 Å². The fourth-order valence-corrected chi connectivity index (χ4v) is 2.59. The van der Waals surface area contributed by atoms with Crippen LogP contribution >= 0.6 is 27.5 Å². The van der Waals surface area contributed by atoms with Gasteiger partial charge in [0.1, 0.15) is 5.76 Å². The van der Waals surface area contributed by atoms with Crippen molar-refractivity contribution in [2.45, 2.75) is 25.8 Å². The molecule has 4 heteroatoms. The van der Waals surface area contributed by atoms with Crippen molar-refractivity contribution in [3.63, 3.8) is 0 Å². The van der Waals surface area contributed by atoms with Gasteiger partial charge in [0.2, 0.25) is 0 Å². The Kier molecular flexibility index (Phi) is 5.49. The molecule has 102 valence electrons. The van der Waals surface area contributed by atoms with Crippen LogP contribution in [0.15, 0.2) is 45.5 Å². The Morgan fingerprint density at radius 1 is 1.26 bits per heavy atom. The molecule has 1 unspecified atom stereocenters. The van der Waals surface area contributed by atoms with Gasteiger partial charge in [0.25, 0.3) is 0 Å². The van der Waals surface area contributed by atoms with Gasteiger partial charge in [-0.1, -0.05) is 30.7 Å². The normalized spacial score (nSPS) is 12.6. The van der Waals surface area contributed by atoms with Gasteiger partial charge in [-0.25, -0.2) is 0 Å². The molecule has 1 atom stereocenters. The van der Waals surface area contributed by atoms with Crippen LogP contribution in [-0.4, -0.2) is 6.54 Å². The highest BCUT2D eigenvalue weighted by atomic mass is 79.9. The lowest BCUT2D eigenvalue weighted by Gasteiger charge is -2.17. The third kappa shape index (κ3) is 4.10. The molecule has 0 amide bonds. The van der Waals surface area contributed by atoms with Crippen LogP contribution in [0.2, 0.25) is 5.02 Å². The summed E-state index contributed by atoms with van der Waals surface area (Å²) in [4.78, 5) is 0. The van der Waals surface area contributed by atoms with Crippen LogP contribution in [0.25, 0.3) is 0 Å². The van der Waals surface area contributed by atoms with Crippen molar-refractivity contribution in [3.8, 4) is 0 Å². The second kappa shape index (κ2) is 7.13. The number of benzene rings is 1. The maximum atomic E-state index is 5.91. The standard InChI is InChI=1S/C15H17BrClNO/c1-2-8-18-14(15-13(16)7-9-19-15)10-11-3-5-12(17)6-4-11/h3-7,9,14,18H,2,8,10H2,1H3. The predicted octanol–water partition coefficient (Wildman–Crippen LogP) is 4.98. The number of rotatable bonds is 6. The summed E-state index contributed by atoms with van der Waals surface area (Å²) in [5.74, 6) is 0.948. The molecule has 1 aromatic carbocycles. The minimum Gasteiger partial charge on any atom is -0.466 e. The number of hydrogen-bond acceptors (Lipinski definition) is 2. The summed E-state index contributed by atoms with van der Waals surface area (Å²) in [6.07, 6.45) is 3.68. The molecular weight excluding hydrogens is 326 g/mol. The lowest BCUT2D eigenvalue weighted by atomic mass is 10.0. The first-order valence-corrected chi connectivity index (χ1v) is 7.58. The predicted molar refractivity (Wildman–Crippen MR) is 82.6 cm³/mol. The number of halogens is 2. The van der Waals surface area contributed by atoms with Crippen molar-refractivity contribution in [1.82, 2.24) is 5.32 Å². The first kappa shape index (κ1) is 14.6. The summed E-state index contributed by atoms with van der Waals surface area (Å²) in [6, 6.07) is 10.1. The second-order valence-electron chi connectivity index (χ2n) is 4.47. The fraction of sp³-hybridized carbons (Fsp3) is 0.333. The van der Waals surface area contributed by atoms with E-state index in [4.69, 9.17) is 16.0 Å². The zero-order valence-corrected chi connectivity index (χ0v) is 13.2. The molecule has 2 rings (SSSR count). The molecule has 0 saturated heterocycles. The third-order valence-corrected chi connectivity index (χ3v) is 3.86. The van der Waals surface area contributed by atoms with E-state index < -0.39 is 0 Å². The van der Waals surface area contributed by atoms with Gasteiger partial charge in [0.15, 0.2) is 0 Å². The highest BCUT2D eigenvalue weighted by Crippen LogP contribution is 2.27. The SMILES string of the molecule is CCCNC(Cc1ccc(Cl)cc1)c1occc1Br. The zero-order chi connectivity index (χ0) is 13.7. The van der Waals surface area contributed by atoms with E-state index >= 15 is 0 Å². The molecule has 0 radical (unpaired) electrons. The van der Waals surface area contributed by atoms with Crippen molar-refractivity contribution in [3.05, 3.63) is 57.4 Å². The topological polar surface area (TPSA) is 25.2 Å². The van der Waals surface area contributed by atoms with Crippen LogP contribution < -0.4 is 5.32 Å². The van der Waals surface area contributed by atoms with E-state index in [1.807, 2.05) is 18.2 Å². The van der Waals surface area contributed by atoms with E-state index in [1.165, 1.54) is 5.56 Å². The average molecular weight is 343 g/mol. The van der Waals surface area contributed by atoms with Gasteiger partial charge in [0, 0.05) is 5.02 Å². The molecule has 0 aliphatic carbocycles. The van der Waals surface area contributed by atoms with E-state index in [1.54, 1.807) is 6.26 Å². The van der Waals surface area contributed by atoms with E-state index in [2.05, 4.69) is 40.3 Å². The van der Waals surface area contributed by atoms with Gasteiger partial charge < -0.3 is 9.73 Å². The van der Waals surface area contributed by atoms with Gasteiger partial charge in [-0.3, -0.25) is 0 Å². The molecule has 2 nitrogen and oxygen atoms in total. The Morgan fingerprint density at radius 3 is 2.58 bits per heavy atom. The maximum Gasteiger partial charge on any atom is 0.135 e. The second-order valence-corrected chi connectivity index (χ2v) is 5.76. The number of furan rings is 1. The summed E-state index contributed by atoms with van der Waals surface area (Å²) in [6.45, 7) is 3.12. The molecule has 0 bridgehead atoms. The van der Waals surface area contributed by atoms with Gasteiger partial charge >= 0.3 is 0 Å². The average Bonchev–Trinajstić information content (AvgIpc) is 2.83. The van der Waals surface area contributed by atoms with Crippen LogP contribution in [0.3, 0.4) is 0 Å². The zero-order valence-electron chi connectivity index (χ0n) is 10.8. The molecule has 19 heavy (non-hydrogen) atoms. The molecule has 1 N–H and O–H groups in total. The Labute approximate surface area is 127 Å². The summed E-state index contributed by atoms with van der Waals surface area (Å²) in [5.41, 5.74) is 1.24. The highest BCUT2D eigenvalue weighted by Gasteiger charge is 2.17. The first-order valence-electron chi connectivity index (χ1n) is 6.41. The van der Waals surface area contributed by atoms with Crippen molar-refractivity contribution >= 4 is 27.5 Å². The number of nitrogens with one attached hydrogen (secondary N) is 1. The Hall–Kier alpha value is -0.770. The lowest BCUT2D eigenvalue weighted by Crippen LogP contribution is -2.24. The van der Waals surface area contributed by atoms with E-state index in [-0.39, 0.29) is 6.04 Å². The molecule has 2 aromatic rings. The van der Waals surface area contributed by atoms with Gasteiger partial charge in [0.05, 0.1) is 16.8 Å². The minimum atomic E-state index is 0.172. The van der Waals surface area contributed by atoms with Gasteiger partial charge in [-0.15, -0.1) is 0 Å². The van der Waals surface area contributed by atoms with Crippen LogP contribution in [0.1, 0.15) is 30.7 Å². The summed E-state index contributed by atoms with van der Waals surface area (Å²) < 4.78 is 6.59. The Bertz CT molecular complexity index is 509. The molecule has 0 saturated carbocycles. The Morgan fingerprint density at radius 2 is 2.00 bits per heavy atom. The van der Waals surface area contributed by atoms with Crippen LogP contribution in [-0.2, 0) is 6.42 Å². The van der Waals surface area contributed by atoms with Gasteiger partial charge in [-0.2, -0.15) is 0 Å². The summed E-state index contributed by atoms with van der Waals surface area (Å²) >= 11 is 9.44. The first-order chi connectivity index (χ1) is 9.20. The van der Waals surface area contributed by atoms with Crippen LogP contribution in [0.5, 0.6) is 0 Å². The molecule has 0 fully saturated rings. The fourth-order valence-electron chi connectivity index (χ4n) is 1.99. The van der Waals surface area contributed by atoms with Crippen molar-refractivity contribution < 1.29 is 4.42 Å². The summed E-state index contributed by atoms with van der Waals surface area (Å²) in [7, 11) is 0. The molecule has 1 aromatic heterocycles. The smallest absolute Gasteiger partial charge is 0.135 e. The van der Waals surface area contributed by atoms with Crippen LogP contribution in [0.4, 0.5) is 0 Å². The van der Waals surface area contributed by atoms with Gasteiger partial charge in [-0.05, 0) is 59.1 Å².